The summed E-state index contributed by atoms with van der Waals surface area (Å²) < 4.78 is 0. The molecule has 0 bridgehead atoms. The Morgan fingerprint density at radius 3 is 2.65 bits per heavy atom. The molecule has 1 aromatic heterocycles. The molecule has 1 aromatic carbocycles. The molecule has 2 aromatic rings. The standard InChI is InChI=1S/C13H12ClNOS/c1-8-3-4-11(10(14)7-8)15-13(16)12-9(2)5-6-17-12/h3-7H,1-2H3,(H,15,16). The highest BCUT2D eigenvalue weighted by Crippen LogP contribution is 2.24. The molecule has 0 aliphatic carbocycles. The SMILES string of the molecule is Cc1ccc(NC(=O)c2sccc2C)c(Cl)c1. The Balaban J connectivity index is 2.22. The second-order valence-corrected chi connectivity index (χ2v) is 5.19. The van der Waals surface area contributed by atoms with Crippen LogP contribution < -0.4 is 5.32 Å². The van der Waals surface area contributed by atoms with Crippen LogP contribution in [0.15, 0.2) is 29.6 Å². The minimum Gasteiger partial charge on any atom is -0.320 e. The summed E-state index contributed by atoms with van der Waals surface area (Å²) in [6, 6.07) is 7.50. The minimum absolute atomic E-state index is 0.108. The maximum Gasteiger partial charge on any atom is 0.266 e. The van der Waals surface area contributed by atoms with Gasteiger partial charge in [-0.3, -0.25) is 4.79 Å². The molecule has 0 aliphatic rings. The van der Waals surface area contributed by atoms with Crippen molar-refractivity contribution < 1.29 is 4.79 Å². The van der Waals surface area contributed by atoms with Gasteiger partial charge in [0.1, 0.15) is 0 Å². The van der Waals surface area contributed by atoms with E-state index < -0.39 is 0 Å². The first-order valence-corrected chi connectivity index (χ1v) is 6.45. The number of hydrogen-bond donors (Lipinski definition) is 1. The lowest BCUT2D eigenvalue weighted by Gasteiger charge is -2.07. The summed E-state index contributed by atoms with van der Waals surface area (Å²) in [7, 11) is 0. The van der Waals surface area contributed by atoms with Gasteiger partial charge in [0.15, 0.2) is 0 Å². The molecule has 0 unspecified atom stereocenters. The van der Waals surface area contributed by atoms with Crippen LogP contribution in [0.3, 0.4) is 0 Å². The van der Waals surface area contributed by atoms with Crippen molar-refractivity contribution in [2.24, 2.45) is 0 Å². The highest BCUT2D eigenvalue weighted by Gasteiger charge is 2.11. The summed E-state index contributed by atoms with van der Waals surface area (Å²) in [4.78, 5) is 12.7. The predicted molar refractivity (Wildman–Crippen MR) is 73.2 cm³/mol. The molecule has 0 atom stereocenters. The van der Waals surface area contributed by atoms with Crippen molar-refractivity contribution in [1.29, 1.82) is 0 Å². The Labute approximate surface area is 109 Å². The summed E-state index contributed by atoms with van der Waals surface area (Å²) in [5, 5.41) is 5.29. The van der Waals surface area contributed by atoms with Gasteiger partial charge < -0.3 is 5.32 Å². The van der Waals surface area contributed by atoms with Crippen molar-refractivity contribution in [3.05, 3.63) is 50.7 Å². The Morgan fingerprint density at radius 1 is 1.29 bits per heavy atom. The van der Waals surface area contributed by atoms with Gasteiger partial charge in [0.2, 0.25) is 0 Å². The molecule has 0 fully saturated rings. The first kappa shape index (κ1) is 12.1. The number of halogens is 1. The van der Waals surface area contributed by atoms with Crippen LogP contribution in [0.2, 0.25) is 5.02 Å². The van der Waals surface area contributed by atoms with E-state index in [0.717, 1.165) is 16.0 Å². The fourth-order valence-corrected chi connectivity index (χ4v) is 2.61. The predicted octanol–water partition coefficient (Wildman–Crippen LogP) is 4.27. The van der Waals surface area contributed by atoms with Crippen LogP contribution in [0.25, 0.3) is 0 Å². The molecular formula is C13H12ClNOS. The van der Waals surface area contributed by atoms with Crippen molar-refractivity contribution in [3.63, 3.8) is 0 Å². The first-order chi connectivity index (χ1) is 8.08. The number of hydrogen-bond acceptors (Lipinski definition) is 2. The van der Waals surface area contributed by atoms with Crippen LogP contribution in [0.4, 0.5) is 5.69 Å². The summed E-state index contributed by atoms with van der Waals surface area (Å²) in [5.41, 5.74) is 2.70. The Kier molecular flexibility index (Phi) is 3.50. The van der Waals surface area contributed by atoms with Crippen LogP contribution in [-0.2, 0) is 0 Å². The number of nitrogens with one attached hydrogen (secondary N) is 1. The molecule has 1 heterocycles. The second kappa shape index (κ2) is 4.90. The summed E-state index contributed by atoms with van der Waals surface area (Å²) in [5.74, 6) is -0.108. The molecule has 0 saturated heterocycles. The smallest absolute Gasteiger partial charge is 0.266 e. The third kappa shape index (κ3) is 2.68. The monoisotopic (exact) mass is 265 g/mol. The van der Waals surface area contributed by atoms with Crippen molar-refractivity contribution in [2.75, 3.05) is 5.32 Å². The topological polar surface area (TPSA) is 29.1 Å². The molecule has 1 N–H and O–H groups in total. The average molecular weight is 266 g/mol. The van der Waals surface area contributed by atoms with E-state index in [4.69, 9.17) is 11.6 Å². The van der Waals surface area contributed by atoms with Crippen LogP contribution >= 0.6 is 22.9 Å². The van der Waals surface area contributed by atoms with E-state index in [9.17, 15) is 4.79 Å². The van der Waals surface area contributed by atoms with Crippen LogP contribution in [-0.4, -0.2) is 5.91 Å². The number of carbonyl (C=O) groups is 1. The third-order valence-corrected chi connectivity index (χ3v) is 3.77. The lowest BCUT2D eigenvalue weighted by Crippen LogP contribution is -2.11. The fraction of sp³-hybridized carbons (Fsp3) is 0.154. The highest BCUT2D eigenvalue weighted by atomic mass is 35.5. The van der Waals surface area contributed by atoms with Gasteiger partial charge in [-0.15, -0.1) is 11.3 Å². The maximum absolute atomic E-state index is 12.0. The van der Waals surface area contributed by atoms with E-state index in [-0.39, 0.29) is 5.91 Å². The van der Waals surface area contributed by atoms with Crippen molar-refractivity contribution >= 4 is 34.5 Å². The number of aryl methyl sites for hydroxylation is 2. The van der Waals surface area contributed by atoms with Crippen LogP contribution in [0.1, 0.15) is 20.8 Å². The van der Waals surface area contributed by atoms with Crippen LogP contribution in [0, 0.1) is 13.8 Å². The van der Waals surface area contributed by atoms with Gasteiger partial charge in [-0.2, -0.15) is 0 Å². The highest BCUT2D eigenvalue weighted by molar-refractivity contribution is 7.12. The first-order valence-electron chi connectivity index (χ1n) is 5.19. The summed E-state index contributed by atoms with van der Waals surface area (Å²) in [6.45, 7) is 3.88. The third-order valence-electron chi connectivity index (χ3n) is 2.44. The number of amides is 1. The molecule has 2 nitrogen and oxygen atoms in total. The minimum atomic E-state index is -0.108. The number of rotatable bonds is 2. The zero-order chi connectivity index (χ0) is 12.4. The number of thiophene rings is 1. The molecular weight excluding hydrogens is 254 g/mol. The normalized spacial score (nSPS) is 10.3. The lowest BCUT2D eigenvalue weighted by molar-refractivity contribution is 0.103. The number of anilines is 1. The Hall–Kier alpha value is -1.32. The molecule has 0 saturated carbocycles. The quantitative estimate of drug-likeness (QED) is 0.863. The van der Waals surface area contributed by atoms with Gasteiger partial charge in [0.25, 0.3) is 5.91 Å². The van der Waals surface area contributed by atoms with E-state index in [1.54, 1.807) is 0 Å². The number of carbonyl (C=O) groups excluding carboxylic acids is 1. The van der Waals surface area contributed by atoms with Gasteiger partial charge in [-0.1, -0.05) is 17.7 Å². The lowest BCUT2D eigenvalue weighted by atomic mass is 10.2. The molecule has 0 radical (unpaired) electrons. The molecule has 1 amide bonds. The van der Waals surface area contributed by atoms with E-state index >= 15 is 0 Å². The van der Waals surface area contributed by atoms with E-state index in [1.807, 2.05) is 43.5 Å². The second-order valence-electron chi connectivity index (χ2n) is 3.87. The van der Waals surface area contributed by atoms with Gasteiger partial charge in [-0.05, 0) is 48.6 Å². The number of benzene rings is 1. The van der Waals surface area contributed by atoms with E-state index in [0.29, 0.717) is 10.7 Å². The summed E-state index contributed by atoms with van der Waals surface area (Å²) >= 11 is 7.49. The Bertz CT molecular complexity index is 562. The van der Waals surface area contributed by atoms with E-state index in [2.05, 4.69) is 5.32 Å². The zero-order valence-corrected chi connectivity index (χ0v) is 11.2. The molecule has 2 rings (SSSR count). The van der Waals surface area contributed by atoms with Crippen molar-refractivity contribution in [1.82, 2.24) is 0 Å². The van der Waals surface area contributed by atoms with Crippen LogP contribution in [0.5, 0.6) is 0 Å². The largest absolute Gasteiger partial charge is 0.320 e. The molecule has 17 heavy (non-hydrogen) atoms. The van der Waals surface area contributed by atoms with Gasteiger partial charge >= 0.3 is 0 Å². The molecule has 88 valence electrons. The van der Waals surface area contributed by atoms with Gasteiger partial charge in [0, 0.05) is 0 Å². The molecule has 0 aliphatic heterocycles. The average Bonchev–Trinajstić information content (AvgIpc) is 2.68. The fourth-order valence-electron chi connectivity index (χ4n) is 1.51. The van der Waals surface area contributed by atoms with Crippen molar-refractivity contribution in [3.8, 4) is 0 Å². The van der Waals surface area contributed by atoms with Gasteiger partial charge in [-0.25, -0.2) is 0 Å². The maximum atomic E-state index is 12.0. The Morgan fingerprint density at radius 2 is 2.06 bits per heavy atom. The van der Waals surface area contributed by atoms with E-state index in [1.165, 1.54) is 11.3 Å². The zero-order valence-electron chi connectivity index (χ0n) is 9.58. The molecule has 0 spiro atoms. The molecule has 4 heteroatoms. The van der Waals surface area contributed by atoms with Gasteiger partial charge in [0.05, 0.1) is 15.6 Å². The summed E-state index contributed by atoms with van der Waals surface area (Å²) in [6.07, 6.45) is 0. The van der Waals surface area contributed by atoms with Crippen molar-refractivity contribution in [2.45, 2.75) is 13.8 Å².